The Labute approximate surface area is 152 Å². The van der Waals surface area contributed by atoms with Gasteiger partial charge in [0.25, 0.3) is 0 Å². The first-order valence-electron chi connectivity index (χ1n) is 7.85. The lowest BCUT2D eigenvalue weighted by atomic mass is 10.1. The molecule has 1 atom stereocenters. The second-order valence-electron chi connectivity index (χ2n) is 5.27. The third-order valence-corrected chi connectivity index (χ3v) is 3.20. The number of rotatable bonds is 10. The molecule has 1 amide bonds. The number of nitrogens with one attached hydrogen (secondary N) is 1. The summed E-state index contributed by atoms with van der Waals surface area (Å²) in [5.41, 5.74) is 6.57. The molecule has 0 aliphatic rings. The van der Waals surface area contributed by atoms with Gasteiger partial charge in [0, 0.05) is 13.5 Å². The number of hydrazone groups is 1. The Morgan fingerprint density at radius 1 is 1.27 bits per heavy atom. The van der Waals surface area contributed by atoms with Gasteiger partial charge in [-0.05, 0) is 12.0 Å². The Morgan fingerprint density at radius 3 is 2.58 bits per heavy atom. The van der Waals surface area contributed by atoms with Gasteiger partial charge in [0.1, 0.15) is 18.5 Å². The highest BCUT2D eigenvalue weighted by Crippen LogP contribution is 2.04. The lowest BCUT2D eigenvalue weighted by Crippen LogP contribution is -2.42. The first-order chi connectivity index (χ1) is 12.5. The maximum atomic E-state index is 11.9. The van der Waals surface area contributed by atoms with Gasteiger partial charge in [0.2, 0.25) is 0 Å². The monoisotopic (exact) mass is 367 g/mol. The SMILES string of the molecule is COCN(N)/N=C(\N)CCC(NC(=O)OCc1ccccc1)C(=O)OC. The molecular formula is C16H25N5O5. The number of carbonyl (C=O) groups excluding carboxylic acids is 2. The van der Waals surface area contributed by atoms with Gasteiger partial charge < -0.3 is 25.3 Å². The van der Waals surface area contributed by atoms with Crippen molar-refractivity contribution in [3.05, 3.63) is 35.9 Å². The number of benzene rings is 1. The van der Waals surface area contributed by atoms with Gasteiger partial charge in [-0.15, -0.1) is 5.10 Å². The number of alkyl carbamates (subject to hydrolysis) is 1. The second kappa shape index (κ2) is 11.7. The van der Waals surface area contributed by atoms with E-state index < -0.39 is 18.1 Å². The minimum Gasteiger partial charge on any atom is -0.467 e. The van der Waals surface area contributed by atoms with Crippen molar-refractivity contribution in [2.45, 2.75) is 25.5 Å². The maximum Gasteiger partial charge on any atom is 0.408 e. The van der Waals surface area contributed by atoms with Crippen LogP contribution in [0.5, 0.6) is 0 Å². The molecule has 10 nitrogen and oxygen atoms in total. The number of methoxy groups -OCH3 is 2. The van der Waals surface area contributed by atoms with E-state index in [1.54, 1.807) is 0 Å². The Balaban J connectivity index is 2.52. The second-order valence-corrected chi connectivity index (χ2v) is 5.27. The highest BCUT2D eigenvalue weighted by atomic mass is 16.6. The van der Waals surface area contributed by atoms with Crippen LogP contribution in [-0.4, -0.2) is 50.0 Å². The van der Waals surface area contributed by atoms with Crippen molar-refractivity contribution in [1.82, 2.24) is 10.4 Å². The van der Waals surface area contributed by atoms with Crippen LogP contribution in [0.3, 0.4) is 0 Å². The zero-order valence-electron chi connectivity index (χ0n) is 14.9. The first-order valence-corrected chi connectivity index (χ1v) is 7.85. The quantitative estimate of drug-likeness (QED) is 0.134. The molecule has 0 heterocycles. The number of ether oxygens (including phenoxy) is 3. The summed E-state index contributed by atoms with van der Waals surface area (Å²) in [5.74, 6) is 5.08. The number of esters is 1. The molecule has 0 fully saturated rings. The lowest BCUT2D eigenvalue weighted by molar-refractivity contribution is -0.143. The molecule has 0 spiro atoms. The van der Waals surface area contributed by atoms with E-state index in [1.807, 2.05) is 30.3 Å². The summed E-state index contributed by atoms with van der Waals surface area (Å²) >= 11 is 0. The smallest absolute Gasteiger partial charge is 0.408 e. The minimum absolute atomic E-state index is 0.0607. The van der Waals surface area contributed by atoms with Gasteiger partial charge in [-0.1, -0.05) is 30.3 Å². The Hall–Kier alpha value is -2.85. The largest absolute Gasteiger partial charge is 0.467 e. The summed E-state index contributed by atoms with van der Waals surface area (Å²) in [7, 11) is 2.69. The molecule has 5 N–H and O–H groups in total. The summed E-state index contributed by atoms with van der Waals surface area (Å²) in [6.07, 6.45) is -0.362. The predicted octanol–water partition coefficient (Wildman–Crippen LogP) is 0.286. The molecule has 1 unspecified atom stereocenters. The van der Waals surface area contributed by atoms with E-state index in [-0.39, 0.29) is 32.0 Å². The van der Waals surface area contributed by atoms with Gasteiger partial charge in [-0.3, -0.25) is 0 Å². The van der Waals surface area contributed by atoms with Crippen LogP contribution in [0.2, 0.25) is 0 Å². The predicted molar refractivity (Wildman–Crippen MR) is 94.3 cm³/mol. The normalized spacial score (nSPS) is 12.2. The van der Waals surface area contributed by atoms with Crippen molar-refractivity contribution < 1.29 is 23.8 Å². The van der Waals surface area contributed by atoms with Crippen LogP contribution in [0.15, 0.2) is 35.4 Å². The number of hydrazine groups is 1. The molecule has 0 saturated heterocycles. The van der Waals surface area contributed by atoms with E-state index in [1.165, 1.54) is 14.2 Å². The van der Waals surface area contributed by atoms with Crippen molar-refractivity contribution in [1.29, 1.82) is 0 Å². The summed E-state index contributed by atoms with van der Waals surface area (Å²) in [6.45, 7) is 0.147. The fourth-order valence-corrected chi connectivity index (χ4v) is 1.97. The van der Waals surface area contributed by atoms with E-state index in [2.05, 4.69) is 15.2 Å². The zero-order chi connectivity index (χ0) is 19.4. The topological polar surface area (TPSA) is 142 Å². The Bertz CT molecular complexity index is 596. The Morgan fingerprint density at radius 2 is 1.96 bits per heavy atom. The molecular weight excluding hydrogens is 342 g/mol. The first kappa shape index (κ1) is 21.2. The van der Waals surface area contributed by atoms with Crippen LogP contribution in [0, 0.1) is 0 Å². The van der Waals surface area contributed by atoms with Crippen molar-refractivity contribution in [2.75, 3.05) is 21.0 Å². The minimum atomic E-state index is -0.925. The van der Waals surface area contributed by atoms with E-state index >= 15 is 0 Å². The molecule has 0 radical (unpaired) electrons. The lowest BCUT2D eigenvalue weighted by Gasteiger charge is -2.17. The van der Waals surface area contributed by atoms with Crippen LogP contribution in [0.1, 0.15) is 18.4 Å². The molecule has 1 rings (SSSR count). The highest BCUT2D eigenvalue weighted by Gasteiger charge is 2.22. The van der Waals surface area contributed by atoms with Gasteiger partial charge in [-0.25, -0.2) is 20.5 Å². The van der Waals surface area contributed by atoms with Crippen molar-refractivity contribution in [3.8, 4) is 0 Å². The molecule has 144 valence electrons. The summed E-state index contributed by atoms with van der Waals surface area (Å²) < 4.78 is 14.6. The number of amidine groups is 1. The van der Waals surface area contributed by atoms with Gasteiger partial charge in [0.05, 0.1) is 7.11 Å². The number of nitrogens with two attached hydrogens (primary N) is 2. The fourth-order valence-electron chi connectivity index (χ4n) is 1.97. The van der Waals surface area contributed by atoms with Gasteiger partial charge in [-0.2, -0.15) is 0 Å². The molecule has 0 aliphatic carbocycles. The van der Waals surface area contributed by atoms with E-state index in [0.29, 0.717) is 0 Å². The molecule has 26 heavy (non-hydrogen) atoms. The number of nitrogens with zero attached hydrogens (tertiary/aromatic N) is 2. The van der Waals surface area contributed by atoms with E-state index in [0.717, 1.165) is 10.7 Å². The third kappa shape index (κ3) is 8.31. The summed E-state index contributed by atoms with van der Waals surface area (Å²) in [4.78, 5) is 23.7. The van der Waals surface area contributed by atoms with Crippen LogP contribution in [0.25, 0.3) is 0 Å². The fraction of sp³-hybridized carbons (Fsp3) is 0.438. The molecule has 10 heteroatoms. The number of hydrogen-bond donors (Lipinski definition) is 3. The van der Waals surface area contributed by atoms with E-state index in [4.69, 9.17) is 21.1 Å². The highest BCUT2D eigenvalue weighted by molar-refractivity contribution is 5.84. The average Bonchev–Trinajstić information content (AvgIpc) is 2.63. The van der Waals surface area contributed by atoms with Crippen molar-refractivity contribution >= 4 is 17.9 Å². The molecule has 0 bridgehead atoms. The zero-order valence-corrected chi connectivity index (χ0v) is 14.9. The summed E-state index contributed by atoms with van der Waals surface area (Å²) in [5, 5.41) is 7.34. The standard InChI is InChI=1S/C16H25N5O5/c1-24-11-21(18)20-14(17)9-8-13(15(22)25-2)19-16(23)26-10-12-6-4-3-5-7-12/h3-7,13H,8-11,18H2,1-2H3,(H2,17,20)(H,19,23). The average molecular weight is 367 g/mol. The molecule has 1 aromatic rings. The van der Waals surface area contributed by atoms with Crippen LogP contribution >= 0.6 is 0 Å². The molecule has 1 aromatic carbocycles. The van der Waals surface area contributed by atoms with Crippen LogP contribution in [-0.2, 0) is 25.6 Å². The number of hydrogen-bond acceptors (Lipinski definition) is 8. The molecule has 0 aliphatic heterocycles. The molecule has 0 saturated carbocycles. The molecule has 0 aromatic heterocycles. The van der Waals surface area contributed by atoms with Crippen LogP contribution in [0.4, 0.5) is 4.79 Å². The number of carbonyl (C=O) groups is 2. The van der Waals surface area contributed by atoms with Gasteiger partial charge in [0.15, 0.2) is 6.73 Å². The number of amides is 1. The summed E-state index contributed by atoms with van der Waals surface area (Å²) in [6, 6.07) is 8.24. The van der Waals surface area contributed by atoms with Crippen molar-refractivity contribution in [2.24, 2.45) is 16.7 Å². The van der Waals surface area contributed by atoms with Gasteiger partial charge >= 0.3 is 12.1 Å². The van der Waals surface area contributed by atoms with Crippen molar-refractivity contribution in [3.63, 3.8) is 0 Å². The third-order valence-electron chi connectivity index (χ3n) is 3.20. The maximum absolute atomic E-state index is 11.9. The van der Waals surface area contributed by atoms with Crippen LogP contribution < -0.4 is 16.9 Å². The Kier molecular flexibility index (Phi) is 9.50. The van der Waals surface area contributed by atoms with E-state index in [9.17, 15) is 9.59 Å².